The van der Waals surface area contributed by atoms with Crippen molar-refractivity contribution < 1.29 is 0 Å². The van der Waals surface area contributed by atoms with Gasteiger partial charge in [0.05, 0.1) is 0 Å². The van der Waals surface area contributed by atoms with Gasteiger partial charge in [-0.3, -0.25) is 0 Å². The van der Waals surface area contributed by atoms with E-state index < -0.39 is 0 Å². The second kappa shape index (κ2) is 3.49. The zero-order valence-electron chi connectivity index (χ0n) is 8.99. The summed E-state index contributed by atoms with van der Waals surface area (Å²) in [5.41, 5.74) is 5.92. The fourth-order valence-corrected chi connectivity index (χ4v) is 3.42. The Morgan fingerprint density at radius 2 is 1.86 bits per heavy atom. The minimum Gasteiger partial charge on any atom is -0.328 e. The van der Waals surface area contributed by atoms with Crippen molar-refractivity contribution in [3.63, 3.8) is 0 Å². The van der Waals surface area contributed by atoms with Crippen molar-refractivity contribution in [2.45, 2.75) is 38.1 Å². The molecule has 2 N–H and O–H groups in total. The van der Waals surface area contributed by atoms with E-state index in [4.69, 9.17) is 5.73 Å². The first-order chi connectivity index (χ1) is 6.81. The molecule has 0 aromatic heterocycles. The maximum absolute atomic E-state index is 5.92. The molecule has 0 aromatic carbocycles. The lowest BCUT2D eigenvalue weighted by molar-refractivity contribution is 0.276. The largest absolute Gasteiger partial charge is 0.328 e. The molecule has 1 heterocycles. The number of piperidine rings is 1. The van der Waals surface area contributed by atoms with E-state index in [9.17, 15) is 0 Å². The van der Waals surface area contributed by atoms with Gasteiger partial charge in [-0.05, 0) is 56.4 Å². The monoisotopic (exact) mass is 194 g/mol. The van der Waals surface area contributed by atoms with Crippen LogP contribution in [0.4, 0.5) is 0 Å². The van der Waals surface area contributed by atoms with Gasteiger partial charge in [-0.15, -0.1) is 0 Å². The van der Waals surface area contributed by atoms with E-state index in [2.05, 4.69) is 4.90 Å². The molecule has 80 valence electrons. The van der Waals surface area contributed by atoms with E-state index in [1.807, 2.05) is 0 Å². The first-order valence-corrected chi connectivity index (χ1v) is 6.29. The first kappa shape index (κ1) is 9.17. The van der Waals surface area contributed by atoms with E-state index in [0.29, 0.717) is 6.04 Å². The second-order valence-electron chi connectivity index (χ2n) is 5.74. The third-order valence-electron chi connectivity index (χ3n) is 4.49. The normalized spacial score (nSPS) is 46.9. The van der Waals surface area contributed by atoms with Gasteiger partial charge in [0.2, 0.25) is 0 Å². The van der Waals surface area contributed by atoms with Crippen LogP contribution < -0.4 is 5.73 Å². The number of hydrogen-bond donors (Lipinski definition) is 1. The third-order valence-corrected chi connectivity index (χ3v) is 4.49. The number of nitrogens with two attached hydrogens (primary N) is 1. The van der Waals surface area contributed by atoms with Crippen molar-refractivity contribution in [2.24, 2.45) is 23.5 Å². The maximum Gasteiger partial charge on any atom is 0.00415 e. The van der Waals surface area contributed by atoms with Gasteiger partial charge in [-0.25, -0.2) is 0 Å². The van der Waals surface area contributed by atoms with Crippen LogP contribution in [-0.2, 0) is 0 Å². The molecule has 3 rings (SSSR count). The van der Waals surface area contributed by atoms with Crippen molar-refractivity contribution in [3.8, 4) is 0 Å². The smallest absolute Gasteiger partial charge is 0.00415 e. The van der Waals surface area contributed by atoms with Crippen LogP contribution in [0.25, 0.3) is 0 Å². The van der Waals surface area contributed by atoms with Crippen LogP contribution in [0.5, 0.6) is 0 Å². The quantitative estimate of drug-likeness (QED) is 0.737. The molecule has 0 radical (unpaired) electrons. The van der Waals surface area contributed by atoms with Gasteiger partial charge in [0, 0.05) is 19.1 Å². The molecule has 0 spiro atoms. The van der Waals surface area contributed by atoms with Crippen molar-refractivity contribution in [3.05, 3.63) is 0 Å². The fraction of sp³-hybridized carbons (Fsp3) is 1.00. The number of fused-ring (bicyclic) bond motifs is 1. The Kier molecular flexibility index (Phi) is 2.29. The standard InChI is InChI=1S/C12H22N2/c13-12-2-1-9(5-12)3-4-14-7-10-6-11(10)8-14/h9-12H,1-8,13H2. The lowest BCUT2D eigenvalue weighted by atomic mass is 10.0. The Morgan fingerprint density at radius 3 is 2.50 bits per heavy atom. The Bertz CT molecular complexity index is 199. The highest BCUT2D eigenvalue weighted by Gasteiger charge is 2.44. The predicted molar refractivity (Wildman–Crippen MR) is 58.0 cm³/mol. The maximum atomic E-state index is 5.92. The third kappa shape index (κ3) is 1.82. The predicted octanol–water partition coefficient (Wildman–Crippen LogP) is 1.46. The lowest BCUT2D eigenvalue weighted by Crippen LogP contribution is -2.25. The molecule has 4 atom stereocenters. The van der Waals surface area contributed by atoms with E-state index in [0.717, 1.165) is 17.8 Å². The summed E-state index contributed by atoms with van der Waals surface area (Å²) in [6, 6.07) is 0.520. The molecule has 2 aliphatic carbocycles. The lowest BCUT2D eigenvalue weighted by Gasteiger charge is -2.19. The van der Waals surface area contributed by atoms with Crippen LogP contribution in [-0.4, -0.2) is 30.6 Å². The summed E-state index contributed by atoms with van der Waals surface area (Å²) >= 11 is 0. The number of likely N-dealkylation sites (tertiary alicyclic amines) is 1. The Morgan fingerprint density at radius 1 is 1.07 bits per heavy atom. The van der Waals surface area contributed by atoms with Crippen LogP contribution >= 0.6 is 0 Å². The number of hydrogen-bond acceptors (Lipinski definition) is 2. The summed E-state index contributed by atoms with van der Waals surface area (Å²) in [5.74, 6) is 3.14. The molecule has 0 aromatic rings. The molecular formula is C12H22N2. The molecular weight excluding hydrogens is 172 g/mol. The number of rotatable bonds is 3. The minimum absolute atomic E-state index is 0.520. The molecule has 3 fully saturated rings. The zero-order chi connectivity index (χ0) is 9.54. The van der Waals surface area contributed by atoms with Crippen LogP contribution in [0, 0.1) is 17.8 Å². The molecule has 14 heavy (non-hydrogen) atoms. The Balaban J connectivity index is 1.37. The molecule has 1 aliphatic heterocycles. The number of nitrogens with zero attached hydrogens (tertiary/aromatic N) is 1. The highest BCUT2D eigenvalue weighted by atomic mass is 15.2. The SMILES string of the molecule is NC1CCC(CCN2CC3CC3C2)C1. The van der Waals surface area contributed by atoms with E-state index in [1.165, 1.54) is 51.7 Å². The van der Waals surface area contributed by atoms with Crippen molar-refractivity contribution in [1.29, 1.82) is 0 Å². The molecule has 0 amide bonds. The average molecular weight is 194 g/mol. The molecule has 1 saturated heterocycles. The van der Waals surface area contributed by atoms with Gasteiger partial charge < -0.3 is 10.6 Å². The summed E-state index contributed by atoms with van der Waals surface area (Å²) in [7, 11) is 0. The Labute approximate surface area is 86.8 Å². The Hall–Kier alpha value is -0.0800. The van der Waals surface area contributed by atoms with E-state index in [1.54, 1.807) is 0 Å². The average Bonchev–Trinajstić information content (AvgIpc) is 2.63. The highest BCUT2D eigenvalue weighted by Crippen LogP contribution is 2.45. The second-order valence-corrected chi connectivity index (χ2v) is 5.74. The van der Waals surface area contributed by atoms with Gasteiger partial charge in [-0.2, -0.15) is 0 Å². The van der Waals surface area contributed by atoms with Gasteiger partial charge in [-0.1, -0.05) is 0 Å². The summed E-state index contributed by atoms with van der Waals surface area (Å²) in [5, 5.41) is 0. The van der Waals surface area contributed by atoms with E-state index >= 15 is 0 Å². The van der Waals surface area contributed by atoms with Crippen LogP contribution in [0.2, 0.25) is 0 Å². The zero-order valence-corrected chi connectivity index (χ0v) is 8.99. The van der Waals surface area contributed by atoms with Crippen LogP contribution in [0.3, 0.4) is 0 Å². The summed E-state index contributed by atoms with van der Waals surface area (Å²) in [6.07, 6.45) is 6.90. The van der Waals surface area contributed by atoms with Gasteiger partial charge in [0.1, 0.15) is 0 Å². The summed E-state index contributed by atoms with van der Waals surface area (Å²) in [6.45, 7) is 4.16. The van der Waals surface area contributed by atoms with Gasteiger partial charge in [0.25, 0.3) is 0 Å². The van der Waals surface area contributed by atoms with Gasteiger partial charge >= 0.3 is 0 Å². The molecule has 4 unspecified atom stereocenters. The molecule has 3 aliphatic rings. The fourth-order valence-electron chi connectivity index (χ4n) is 3.42. The molecule has 2 nitrogen and oxygen atoms in total. The van der Waals surface area contributed by atoms with Gasteiger partial charge in [0.15, 0.2) is 0 Å². The summed E-state index contributed by atoms with van der Waals surface area (Å²) < 4.78 is 0. The first-order valence-electron chi connectivity index (χ1n) is 6.29. The van der Waals surface area contributed by atoms with Crippen LogP contribution in [0.15, 0.2) is 0 Å². The highest BCUT2D eigenvalue weighted by molar-refractivity contribution is 4.96. The van der Waals surface area contributed by atoms with Crippen molar-refractivity contribution in [2.75, 3.05) is 19.6 Å². The van der Waals surface area contributed by atoms with Crippen LogP contribution in [0.1, 0.15) is 32.1 Å². The molecule has 2 heteroatoms. The topological polar surface area (TPSA) is 29.3 Å². The molecule has 2 saturated carbocycles. The molecule has 0 bridgehead atoms. The van der Waals surface area contributed by atoms with Crippen molar-refractivity contribution >= 4 is 0 Å². The minimum atomic E-state index is 0.520. The van der Waals surface area contributed by atoms with Crippen molar-refractivity contribution in [1.82, 2.24) is 4.90 Å². The van der Waals surface area contributed by atoms with E-state index in [-0.39, 0.29) is 0 Å². The summed E-state index contributed by atoms with van der Waals surface area (Å²) in [4.78, 5) is 2.68.